The number of hydrogen-bond donors (Lipinski definition) is 3. The van der Waals surface area contributed by atoms with E-state index < -0.39 is 41.7 Å². The molecule has 0 aliphatic carbocycles. The summed E-state index contributed by atoms with van der Waals surface area (Å²) < 4.78 is 25.8. The molecule has 322 valence electrons. The first-order chi connectivity index (χ1) is 31.4. The monoisotopic (exact) mass is 855 g/mol. The van der Waals surface area contributed by atoms with Gasteiger partial charge in [0.25, 0.3) is 5.56 Å². The molecule has 3 atom stereocenters. The van der Waals surface area contributed by atoms with Gasteiger partial charge in [-0.1, -0.05) is 146 Å². The molecule has 8 rings (SSSR count). The van der Waals surface area contributed by atoms with Crippen LogP contribution in [0.5, 0.6) is 11.5 Å². The fourth-order valence-corrected chi connectivity index (χ4v) is 8.11. The number of anilines is 1. The van der Waals surface area contributed by atoms with Crippen molar-refractivity contribution in [2.45, 2.75) is 29.6 Å². The molecule has 13 heteroatoms. The quantitative estimate of drug-likeness (QED) is 0.0557. The molecule has 6 aromatic carbocycles. The van der Waals surface area contributed by atoms with Crippen molar-refractivity contribution in [2.75, 3.05) is 26.1 Å². The molecule has 0 aliphatic rings. The number of nitrogens with zero attached hydrogens (tertiary/aromatic N) is 3. The number of methoxy groups -OCH3 is 2. The highest BCUT2D eigenvalue weighted by Crippen LogP contribution is 2.44. The molecular formula is C51H45N5O8. The van der Waals surface area contributed by atoms with E-state index in [0.29, 0.717) is 40.8 Å². The minimum absolute atomic E-state index is 0.00601. The first kappa shape index (κ1) is 43.0. The molecule has 8 aromatic rings. The van der Waals surface area contributed by atoms with Gasteiger partial charge in [0.15, 0.2) is 36.1 Å². The van der Waals surface area contributed by atoms with Gasteiger partial charge in [-0.3, -0.25) is 14.3 Å². The first-order valence-electron chi connectivity index (χ1n) is 20.5. The van der Waals surface area contributed by atoms with Crippen molar-refractivity contribution < 1.29 is 33.6 Å². The molecular weight excluding hydrogens is 811 g/mol. The number of aromatic amines is 1. The number of aldehydes is 2. The van der Waals surface area contributed by atoms with Gasteiger partial charge in [0.05, 0.1) is 27.2 Å². The second-order valence-corrected chi connectivity index (χ2v) is 14.8. The molecule has 0 amide bonds. The van der Waals surface area contributed by atoms with Crippen molar-refractivity contribution >= 4 is 29.7 Å². The number of rotatable bonds is 19. The van der Waals surface area contributed by atoms with Gasteiger partial charge in [-0.25, -0.2) is 4.98 Å². The maximum Gasteiger partial charge on any atom is 0.280 e. The second kappa shape index (κ2) is 19.1. The molecule has 0 spiro atoms. The Labute approximate surface area is 368 Å². The van der Waals surface area contributed by atoms with Crippen LogP contribution in [0, 0.1) is 0 Å². The Kier molecular flexibility index (Phi) is 12.8. The maximum absolute atomic E-state index is 14.1. The van der Waals surface area contributed by atoms with E-state index in [1.807, 2.05) is 158 Å². The average Bonchev–Trinajstić information content (AvgIpc) is 3.80. The van der Waals surface area contributed by atoms with Crippen LogP contribution in [0.1, 0.15) is 39.6 Å². The normalized spacial score (nSPS) is 13.1. The van der Waals surface area contributed by atoms with E-state index in [9.17, 15) is 19.5 Å². The third-order valence-corrected chi connectivity index (χ3v) is 11.2. The lowest BCUT2D eigenvalue weighted by Gasteiger charge is -2.40. The maximum atomic E-state index is 14.1. The van der Waals surface area contributed by atoms with E-state index in [0.717, 1.165) is 16.7 Å². The van der Waals surface area contributed by atoms with Crippen LogP contribution in [-0.2, 0) is 30.2 Å². The zero-order valence-electron chi connectivity index (χ0n) is 35.0. The summed E-state index contributed by atoms with van der Waals surface area (Å²) in [5.41, 5.74) is 1.10. The van der Waals surface area contributed by atoms with E-state index in [4.69, 9.17) is 23.9 Å². The molecule has 3 N–H and O–H groups in total. The Morgan fingerprint density at radius 3 is 1.56 bits per heavy atom. The molecule has 2 heterocycles. The molecule has 64 heavy (non-hydrogen) atoms. The minimum atomic E-state index is -1.54. The van der Waals surface area contributed by atoms with Gasteiger partial charge in [0.2, 0.25) is 5.95 Å². The number of H-pyrrole nitrogens is 1. The number of hydrogen-bond acceptors (Lipinski definition) is 11. The highest BCUT2D eigenvalue weighted by Gasteiger charge is 2.44. The standard InChI is InChI=1S/C51H45N5O8/c1-61-41-27-23-37(24-28-41)50(35-15-7-3-8-16-35,36-17-9-4-10-18-36)55-49-53-46-45(47(60)54-49)52-34-56(46)48(63-43(31-57)32-58)44(33-59)64-51(38-19-11-5-12-20-38,39-21-13-6-14-22-39)40-25-29-42(62-2)30-26-40/h3-31,33-34,43-44,48,58H,32H2,1-2H3,(H2,53,54,55,60)/t43-,44+,48+/m0/s1. The number of carbonyl (C=O) groups excluding carboxylic acids is 2. The number of fused-ring (bicyclic) bond motifs is 1. The van der Waals surface area contributed by atoms with Crippen LogP contribution in [0.4, 0.5) is 5.95 Å². The van der Waals surface area contributed by atoms with Crippen molar-refractivity contribution in [3.8, 4) is 11.5 Å². The van der Waals surface area contributed by atoms with E-state index >= 15 is 0 Å². The van der Waals surface area contributed by atoms with Crippen LogP contribution >= 0.6 is 0 Å². The lowest BCUT2D eigenvalue weighted by molar-refractivity contribution is -0.175. The number of ether oxygens (including phenoxy) is 4. The highest BCUT2D eigenvalue weighted by molar-refractivity contribution is 5.72. The summed E-state index contributed by atoms with van der Waals surface area (Å²) in [4.78, 5) is 52.6. The summed E-state index contributed by atoms with van der Waals surface area (Å²) in [5, 5.41) is 13.9. The topological polar surface area (TPSA) is 167 Å². The third-order valence-electron chi connectivity index (χ3n) is 11.2. The van der Waals surface area contributed by atoms with Crippen LogP contribution in [0.25, 0.3) is 11.2 Å². The van der Waals surface area contributed by atoms with E-state index in [2.05, 4.69) is 15.3 Å². The predicted molar refractivity (Wildman–Crippen MR) is 241 cm³/mol. The Balaban J connectivity index is 1.32. The number of benzene rings is 6. The Bertz CT molecular complexity index is 2760. The molecule has 0 bridgehead atoms. The Hall–Kier alpha value is -7.71. The van der Waals surface area contributed by atoms with Gasteiger partial charge in [-0.2, -0.15) is 4.98 Å². The van der Waals surface area contributed by atoms with Gasteiger partial charge in [0.1, 0.15) is 28.7 Å². The van der Waals surface area contributed by atoms with Crippen LogP contribution in [0.2, 0.25) is 0 Å². The largest absolute Gasteiger partial charge is 0.497 e. The molecule has 0 aliphatic heterocycles. The van der Waals surface area contributed by atoms with Crippen molar-refractivity contribution in [1.29, 1.82) is 0 Å². The zero-order valence-corrected chi connectivity index (χ0v) is 35.0. The third kappa shape index (κ3) is 8.18. The molecule has 0 unspecified atom stereocenters. The van der Waals surface area contributed by atoms with Gasteiger partial charge >= 0.3 is 0 Å². The van der Waals surface area contributed by atoms with Crippen LogP contribution in [-0.4, -0.2) is 70.2 Å². The summed E-state index contributed by atoms with van der Waals surface area (Å²) in [6, 6.07) is 53.1. The van der Waals surface area contributed by atoms with Crippen molar-refractivity contribution in [2.24, 2.45) is 0 Å². The van der Waals surface area contributed by atoms with E-state index in [1.165, 1.54) is 10.9 Å². The van der Waals surface area contributed by atoms with Crippen molar-refractivity contribution in [3.05, 3.63) is 220 Å². The number of imidazole rings is 1. The smallest absolute Gasteiger partial charge is 0.280 e. The van der Waals surface area contributed by atoms with Crippen LogP contribution < -0.4 is 20.3 Å². The number of carbonyl (C=O) groups is 2. The number of aliphatic hydroxyl groups is 1. The molecule has 13 nitrogen and oxygen atoms in total. The van der Waals surface area contributed by atoms with Crippen molar-refractivity contribution in [3.63, 3.8) is 0 Å². The summed E-state index contributed by atoms with van der Waals surface area (Å²) in [6.45, 7) is -0.724. The van der Waals surface area contributed by atoms with Gasteiger partial charge < -0.3 is 39.0 Å². The average molecular weight is 856 g/mol. The SMILES string of the molecule is COc1ccc(C(Nc2nc3c(ncn3[C@H](O[C@@H](C=O)CO)[C@@H](C=O)OC(c3ccccc3)(c3ccccc3)c3ccc(OC)cc3)c(=O)[nH]2)(c2ccccc2)c2ccccc2)cc1. The molecule has 0 radical (unpaired) electrons. The molecule has 0 saturated heterocycles. The van der Waals surface area contributed by atoms with E-state index in [-0.39, 0.29) is 17.1 Å². The van der Waals surface area contributed by atoms with Gasteiger partial charge in [0, 0.05) is 0 Å². The lowest BCUT2D eigenvalue weighted by Crippen LogP contribution is -2.43. The molecule has 0 fully saturated rings. The van der Waals surface area contributed by atoms with Crippen LogP contribution in [0.15, 0.2) is 181 Å². The molecule has 0 saturated carbocycles. The highest BCUT2D eigenvalue weighted by atomic mass is 16.6. The first-order valence-corrected chi connectivity index (χ1v) is 20.5. The fourth-order valence-electron chi connectivity index (χ4n) is 8.11. The zero-order chi connectivity index (χ0) is 44.5. The molecule has 2 aromatic heterocycles. The van der Waals surface area contributed by atoms with Gasteiger partial charge in [-0.05, 0) is 57.6 Å². The predicted octanol–water partition coefficient (Wildman–Crippen LogP) is 7.19. The number of nitrogens with one attached hydrogen (secondary N) is 2. The summed E-state index contributed by atoms with van der Waals surface area (Å²) >= 11 is 0. The van der Waals surface area contributed by atoms with Gasteiger partial charge in [-0.15, -0.1) is 0 Å². The van der Waals surface area contributed by atoms with Crippen molar-refractivity contribution in [1.82, 2.24) is 19.5 Å². The minimum Gasteiger partial charge on any atom is -0.497 e. The summed E-state index contributed by atoms with van der Waals surface area (Å²) in [6.07, 6.45) is -2.20. The number of aliphatic hydroxyl groups excluding tert-OH is 1. The fraction of sp³-hybridized carbons (Fsp3) is 0.157. The summed E-state index contributed by atoms with van der Waals surface area (Å²) in [7, 11) is 3.17. The van der Waals surface area contributed by atoms with E-state index in [1.54, 1.807) is 26.4 Å². The Morgan fingerprint density at radius 1 is 0.656 bits per heavy atom. The number of aromatic nitrogens is 4. The second-order valence-electron chi connectivity index (χ2n) is 14.8. The summed E-state index contributed by atoms with van der Waals surface area (Å²) in [5.74, 6) is 1.30. The lowest BCUT2D eigenvalue weighted by atomic mass is 9.77. The Morgan fingerprint density at radius 2 is 1.11 bits per heavy atom. The van der Waals surface area contributed by atoms with Crippen LogP contribution in [0.3, 0.4) is 0 Å².